The summed E-state index contributed by atoms with van der Waals surface area (Å²) in [6.45, 7) is 4.74. The van der Waals surface area contributed by atoms with Crippen LogP contribution in [0.4, 0.5) is 0 Å². The standard InChI is InChI=1S/C13H25N3O3/c1-15(6-3-5-14)12(17)10-16-7-2-4-13(11-16)18-8-9-19-13/h2-11,14H2,1H3. The fraction of sp³-hybridized carbons (Fsp3) is 0.923. The average Bonchev–Trinajstić information content (AvgIpc) is 2.83. The second-order valence-corrected chi connectivity index (χ2v) is 5.38. The molecule has 2 aliphatic rings. The number of hydrogen-bond acceptors (Lipinski definition) is 5. The lowest BCUT2D eigenvalue weighted by molar-refractivity contribution is -0.190. The Morgan fingerprint density at radius 3 is 2.84 bits per heavy atom. The maximum atomic E-state index is 12.1. The quantitative estimate of drug-likeness (QED) is 0.739. The van der Waals surface area contributed by atoms with Crippen molar-refractivity contribution in [2.24, 2.45) is 5.73 Å². The Bertz CT molecular complexity index is 306. The molecule has 0 aromatic rings. The van der Waals surface area contributed by atoms with E-state index in [0.717, 1.165) is 32.4 Å². The molecule has 0 aliphatic carbocycles. The van der Waals surface area contributed by atoms with Crippen molar-refractivity contribution in [3.63, 3.8) is 0 Å². The number of likely N-dealkylation sites (tertiary alicyclic amines) is 1. The predicted octanol–water partition coefficient (Wildman–Crippen LogP) is -0.367. The van der Waals surface area contributed by atoms with E-state index in [-0.39, 0.29) is 5.91 Å². The van der Waals surface area contributed by atoms with E-state index < -0.39 is 5.79 Å². The van der Waals surface area contributed by atoms with Crippen LogP contribution in [0, 0.1) is 0 Å². The average molecular weight is 271 g/mol. The van der Waals surface area contributed by atoms with Gasteiger partial charge in [-0.05, 0) is 25.9 Å². The lowest BCUT2D eigenvalue weighted by Gasteiger charge is -2.38. The normalized spacial score (nSPS) is 22.8. The van der Waals surface area contributed by atoms with Crippen LogP contribution in [0.25, 0.3) is 0 Å². The number of carbonyl (C=O) groups excluding carboxylic acids is 1. The van der Waals surface area contributed by atoms with Crippen molar-refractivity contribution in [2.75, 3.05) is 53.0 Å². The Morgan fingerprint density at radius 1 is 1.42 bits per heavy atom. The number of likely N-dealkylation sites (N-methyl/N-ethyl adjacent to an activating group) is 1. The summed E-state index contributed by atoms with van der Waals surface area (Å²) in [5.41, 5.74) is 5.46. The zero-order valence-electron chi connectivity index (χ0n) is 11.8. The third-order valence-corrected chi connectivity index (χ3v) is 3.79. The summed E-state index contributed by atoms with van der Waals surface area (Å²) < 4.78 is 11.4. The van der Waals surface area contributed by atoms with Gasteiger partial charge in [0.25, 0.3) is 0 Å². The monoisotopic (exact) mass is 271 g/mol. The van der Waals surface area contributed by atoms with Gasteiger partial charge in [-0.2, -0.15) is 0 Å². The summed E-state index contributed by atoms with van der Waals surface area (Å²) in [5, 5.41) is 0. The molecule has 0 aromatic carbocycles. The molecule has 0 atom stereocenters. The maximum Gasteiger partial charge on any atom is 0.236 e. The molecule has 2 N–H and O–H groups in total. The van der Waals surface area contributed by atoms with E-state index in [4.69, 9.17) is 15.2 Å². The van der Waals surface area contributed by atoms with E-state index >= 15 is 0 Å². The van der Waals surface area contributed by atoms with Crippen LogP contribution in [0.2, 0.25) is 0 Å². The van der Waals surface area contributed by atoms with Crippen LogP contribution in [0.5, 0.6) is 0 Å². The van der Waals surface area contributed by atoms with Crippen LogP contribution >= 0.6 is 0 Å². The molecule has 1 spiro atoms. The predicted molar refractivity (Wildman–Crippen MR) is 71.6 cm³/mol. The Hall–Kier alpha value is -0.690. The SMILES string of the molecule is CN(CCCN)C(=O)CN1CCCC2(C1)OCCO2. The zero-order valence-corrected chi connectivity index (χ0v) is 11.8. The Balaban J connectivity index is 1.80. The summed E-state index contributed by atoms with van der Waals surface area (Å²) >= 11 is 0. The van der Waals surface area contributed by atoms with Gasteiger partial charge < -0.3 is 20.1 Å². The first kappa shape index (κ1) is 14.7. The Kier molecular flexibility index (Phi) is 5.15. The van der Waals surface area contributed by atoms with Gasteiger partial charge in [-0.1, -0.05) is 0 Å². The highest BCUT2D eigenvalue weighted by Crippen LogP contribution is 2.29. The molecule has 1 amide bonds. The van der Waals surface area contributed by atoms with Gasteiger partial charge in [-0.3, -0.25) is 9.69 Å². The smallest absolute Gasteiger partial charge is 0.236 e. The van der Waals surface area contributed by atoms with Gasteiger partial charge in [0.1, 0.15) is 0 Å². The first-order chi connectivity index (χ1) is 9.15. The summed E-state index contributed by atoms with van der Waals surface area (Å²) in [4.78, 5) is 16.0. The molecule has 110 valence electrons. The third-order valence-electron chi connectivity index (χ3n) is 3.79. The number of piperidine rings is 1. The van der Waals surface area contributed by atoms with Gasteiger partial charge in [-0.25, -0.2) is 0 Å². The van der Waals surface area contributed by atoms with E-state index in [1.807, 2.05) is 7.05 Å². The zero-order chi connectivity index (χ0) is 13.7. The highest BCUT2D eigenvalue weighted by molar-refractivity contribution is 5.78. The van der Waals surface area contributed by atoms with Gasteiger partial charge in [-0.15, -0.1) is 0 Å². The highest BCUT2D eigenvalue weighted by atomic mass is 16.7. The van der Waals surface area contributed by atoms with Crippen molar-refractivity contribution in [2.45, 2.75) is 25.0 Å². The van der Waals surface area contributed by atoms with Crippen LogP contribution in [-0.4, -0.2) is 74.5 Å². The van der Waals surface area contributed by atoms with Gasteiger partial charge in [0.15, 0.2) is 5.79 Å². The van der Waals surface area contributed by atoms with E-state index in [0.29, 0.717) is 32.8 Å². The molecule has 6 nitrogen and oxygen atoms in total. The molecule has 0 saturated carbocycles. The second kappa shape index (κ2) is 6.65. The van der Waals surface area contributed by atoms with Crippen molar-refractivity contribution >= 4 is 5.91 Å². The molecular weight excluding hydrogens is 246 g/mol. The van der Waals surface area contributed by atoms with Gasteiger partial charge in [0.2, 0.25) is 5.91 Å². The fourth-order valence-corrected chi connectivity index (χ4v) is 2.70. The first-order valence-electron chi connectivity index (χ1n) is 7.09. The summed E-state index contributed by atoms with van der Waals surface area (Å²) in [7, 11) is 1.83. The van der Waals surface area contributed by atoms with Gasteiger partial charge in [0.05, 0.1) is 26.3 Å². The molecule has 0 radical (unpaired) electrons. The summed E-state index contributed by atoms with van der Waals surface area (Å²) in [6, 6.07) is 0. The number of nitrogens with two attached hydrogens (primary N) is 1. The second-order valence-electron chi connectivity index (χ2n) is 5.38. The van der Waals surface area contributed by atoms with Crippen LogP contribution in [0.3, 0.4) is 0 Å². The minimum absolute atomic E-state index is 0.142. The molecule has 0 unspecified atom stereocenters. The maximum absolute atomic E-state index is 12.1. The van der Waals surface area contributed by atoms with Gasteiger partial charge >= 0.3 is 0 Å². The van der Waals surface area contributed by atoms with Crippen molar-refractivity contribution in [3.05, 3.63) is 0 Å². The van der Waals surface area contributed by atoms with Crippen molar-refractivity contribution < 1.29 is 14.3 Å². The molecule has 2 heterocycles. The Morgan fingerprint density at radius 2 is 2.16 bits per heavy atom. The topological polar surface area (TPSA) is 68.0 Å². The van der Waals surface area contributed by atoms with Crippen molar-refractivity contribution in [1.82, 2.24) is 9.80 Å². The molecule has 0 aromatic heterocycles. The molecule has 2 saturated heterocycles. The van der Waals surface area contributed by atoms with E-state index in [2.05, 4.69) is 4.90 Å². The number of hydrogen-bond donors (Lipinski definition) is 1. The number of nitrogens with zero attached hydrogens (tertiary/aromatic N) is 2. The molecule has 2 rings (SSSR count). The van der Waals surface area contributed by atoms with Crippen molar-refractivity contribution in [1.29, 1.82) is 0 Å². The molecule has 0 bridgehead atoms. The molecule has 2 fully saturated rings. The molecule has 6 heteroatoms. The van der Waals surface area contributed by atoms with Crippen molar-refractivity contribution in [3.8, 4) is 0 Å². The Labute approximate surface area is 114 Å². The van der Waals surface area contributed by atoms with Crippen LogP contribution in [0.15, 0.2) is 0 Å². The highest BCUT2D eigenvalue weighted by Gasteiger charge is 2.41. The van der Waals surface area contributed by atoms with E-state index in [1.54, 1.807) is 4.90 Å². The fourth-order valence-electron chi connectivity index (χ4n) is 2.70. The number of rotatable bonds is 5. The number of carbonyl (C=O) groups is 1. The lowest BCUT2D eigenvalue weighted by Crippen LogP contribution is -2.51. The lowest BCUT2D eigenvalue weighted by atomic mass is 10.0. The number of ether oxygens (including phenoxy) is 2. The largest absolute Gasteiger partial charge is 0.346 e. The third kappa shape index (κ3) is 3.89. The van der Waals surface area contributed by atoms with Crippen LogP contribution < -0.4 is 5.73 Å². The minimum Gasteiger partial charge on any atom is -0.346 e. The summed E-state index contributed by atoms with van der Waals surface area (Å²) in [5.74, 6) is -0.308. The first-order valence-corrected chi connectivity index (χ1v) is 7.09. The van der Waals surface area contributed by atoms with E-state index in [9.17, 15) is 4.79 Å². The molecule has 2 aliphatic heterocycles. The summed E-state index contributed by atoms with van der Waals surface area (Å²) in [6.07, 6.45) is 2.79. The minimum atomic E-state index is -0.450. The van der Waals surface area contributed by atoms with Crippen LogP contribution in [0.1, 0.15) is 19.3 Å². The van der Waals surface area contributed by atoms with Crippen LogP contribution in [-0.2, 0) is 14.3 Å². The number of amides is 1. The van der Waals surface area contributed by atoms with Gasteiger partial charge in [0, 0.05) is 20.0 Å². The molecule has 19 heavy (non-hydrogen) atoms. The molecular formula is C13H25N3O3. The van der Waals surface area contributed by atoms with E-state index in [1.165, 1.54) is 0 Å².